The molecule has 8 heteroatoms. The van der Waals surface area contributed by atoms with Crippen LogP contribution in [0, 0.1) is 0 Å². The number of rotatable bonds is 4. The molecule has 1 unspecified atom stereocenters. The Hall–Kier alpha value is -1.83. The molecule has 0 saturated carbocycles. The van der Waals surface area contributed by atoms with Crippen molar-refractivity contribution in [1.82, 2.24) is 15.5 Å². The summed E-state index contributed by atoms with van der Waals surface area (Å²) in [5.74, 6) is -1.52. The van der Waals surface area contributed by atoms with E-state index in [-0.39, 0.29) is 25.5 Å². The molecule has 8 nitrogen and oxygen atoms in total. The molecule has 1 atom stereocenters. The molecule has 1 rings (SSSR count). The SMILES string of the molecule is COCCNC(=O)N1CC(=O)NCC1C(=O)O. The monoisotopic (exact) mass is 245 g/mol. The highest BCUT2D eigenvalue weighted by atomic mass is 16.5. The third kappa shape index (κ3) is 3.59. The molecule has 1 fully saturated rings. The number of carbonyl (C=O) groups is 3. The zero-order valence-electron chi connectivity index (χ0n) is 9.43. The van der Waals surface area contributed by atoms with Gasteiger partial charge < -0.3 is 20.5 Å². The van der Waals surface area contributed by atoms with E-state index in [9.17, 15) is 14.4 Å². The average Bonchev–Trinajstić information content (AvgIpc) is 2.28. The van der Waals surface area contributed by atoms with Crippen molar-refractivity contribution in [2.75, 3.05) is 33.4 Å². The van der Waals surface area contributed by atoms with Gasteiger partial charge in [-0.15, -0.1) is 0 Å². The Morgan fingerprint density at radius 2 is 2.35 bits per heavy atom. The van der Waals surface area contributed by atoms with Crippen LogP contribution >= 0.6 is 0 Å². The lowest BCUT2D eigenvalue weighted by Gasteiger charge is -2.32. The second-order valence-electron chi connectivity index (χ2n) is 3.51. The molecule has 0 bridgehead atoms. The molecular formula is C9H15N3O5. The minimum atomic E-state index is -1.15. The van der Waals surface area contributed by atoms with E-state index in [0.29, 0.717) is 6.61 Å². The van der Waals surface area contributed by atoms with Crippen molar-refractivity contribution >= 4 is 17.9 Å². The second kappa shape index (κ2) is 6.04. The summed E-state index contributed by atoms with van der Waals surface area (Å²) in [6, 6.07) is -1.61. The van der Waals surface area contributed by atoms with E-state index in [1.54, 1.807) is 0 Å². The zero-order valence-corrected chi connectivity index (χ0v) is 9.43. The first-order valence-corrected chi connectivity index (χ1v) is 5.09. The summed E-state index contributed by atoms with van der Waals surface area (Å²) in [6.45, 7) is 0.255. The molecule has 1 heterocycles. The number of hydrogen-bond acceptors (Lipinski definition) is 4. The van der Waals surface area contributed by atoms with Crippen LogP contribution in [0.5, 0.6) is 0 Å². The van der Waals surface area contributed by atoms with Crippen molar-refractivity contribution in [1.29, 1.82) is 0 Å². The molecule has 96 valence electrons. The Bertz CT molecular complexity index is 320. The highest BCUT2D eigenvalue weighted by Crippen LogP contribution is 2.04. The highest BCUT2D eigenvalue weighted by molar-refractivity contribution is 5.90. The number of aliphatic carboxylic acids is 1. The van der Waals surface area contributed by atoms with Gasteiger partial charge in [-0.05, 0) is 0 Å². The van der Waals surface area contributed by atoms with Crippen LogP contribution in [0.25, 0.3) is 0 Å². The van der Waals surface area contributed by atoms with Gasteiger partial charge in [-0.25, -0.2) is 9.59 Å². The van der Waals surface area contributed by atoms with Crippen LogP contribution in [0.4, 0.5) is 4.79 Å². The Kier molecular flexibility index (Phi) is 4.70. The van der Waals surface area contributed by atoms with Gasteiger partial charge in [0.2, 0.25) is 5.91 Å². The lowest BCUT2D eigenvalue weighted by atomic mass is 10.2. The first-order chi connectivity index (χ1) is 8.06. The summed E-state index contributed by atoms with van der Waals surface area (Å²) < 4.78 is 4.75. The Labute approximate surface area is 97.9 Å². The maximum absolute atomic E-state index is 11.6. The van der Waals surface area contributed by atoms with E-state index in [0.717, 1.165) is 4.90 Å². The molecule has 0 aromatic heterocycles. The molecular weight excluding hydrogens is 230 g/mol. The van der Waals surface area contributed by atoms with E-state index in [1.807, 2.05) is 0 Å². The summed E-state index contributed by atoms with van der Waals surface area (Å²) in [5, 5.41) is 13.8. The second-order valence-corrected chi connectivity index (χ2v) is 3.51. The number of carbonyl (C=O) groups excluding carboxylic acids is 2. The molecule has 3 N–H and O–H groups in total. The average molecular weight is 245 g/mol. The number of amides is 3. The first kappa shape index (κ1) is 13.2. The fourth-order valence-electron chi connectivity index (χ4n) is 1.44. The van der Waals surface area contributed by atoms with Gasteiger partial charge >= 0.3 is 12.0 Å². The minimum absolute atomic E-state index is 0.0775. The summed E-state index contributed by atoms with van der Waals surface area (Å²) >= 11 is 0. The quantitative estimate of drug-likeness (QED) is 0.508. The predicted octanol–water partition coefficient (Wildman–Crippen LogP) is -1.77. The normalized spacial score (nSPS) is 19.7. The van der Waals surface area contributed by atoms with Crippen molar-refractivity contribution in [3.8, 4) is 0 Å². The molecule has 1 aliphatic heterocycles. The third-order valence-corrected chi connectivity index (χ3v) is 2.31. The number of urea groups is 1. The van der Waals surface area contributed by atoms with Crippen molar-refractivity contribution in [3.05, 3.63) is 0 Å². The smallest absolute Gasteiger partial charge is 0.328 e. The lowest BCUT2D eigenvalue weighted by molar-refractivity contribution is -0.144. The van der Waals surface area contributed by atoms with Crippen LogP contribution in [0.1, 0.15) is 0 Å². The van der Waals surface area contributed by atoms with E-state index in [4.69, 9.17) is 9.84 Å². The van der Waals surface area contributed by atoms with Gasteiger partial charge in [0.05, 0.1) is 6.61 Å². The van der Waals surface area contributed by atoms with Gasteiger partial charge in [0.1, 0.15) is 12.6 Å². The van der Waals surface area contributed by atoms with E-state index in [1.165, 1.54) is 7.11 Å². The van der Waals surface area contributed by atoms with Crippen molar-refractivity contribution in [2.45, 2.75) is 6.04 Å². The molecule has 17 heavy (non-hydrogen) atoms. The number of methoxy groups -OCH3 is 1. The van der Waals surface area contributed by atoms with Gasteiger partial charge in [0, 0.05) is 20.2 Å². The fraction of sp³-hybridized carbons (Fsp3) is 0.667. The molecule has 0 radical (unpaired) electrons. The molecule has 3 amide bonds. The fourth-order valence-corrected chi connectivity index (χ4v) is 1.44. The van der Waals surface area contributed by atoms with E-state index in [2.05, 4.69) is 10.6 Å². The van der Waals surface area contributed by atoms with Crippen LogP contribution in [0.15, 0.2) is 0 Å². The number of piperazine rings is 1. The number of carboxylic acid groups (broad SMARTS) is 1. The number of nitrogens with one attached hydrogen (secondary N) is 2. The van der Waals surface area contributed by atoms with Crippen LogP contribution in [-0.2, 0) is 14.3 Å². The summed E-state index contributed by atoms with van der Waals surface area (Å²) in [6.07, 6.45) is 0. The predicted molar refractivity (Wildman–Crippen MR) is 56.4 cm³/mol. The topological polar surface area (TPSA) is 108 Å². The van der Waals surface area contributed by atoms with Gasteiger partial charge in [0.15, 0.2) is 0 Å². The van der Waals surface area contributed by atoms with E-state index < -0.39 is 18.0 Å². The highest BCUT2D eigenvalue weighted by Gasteiger charge is 2.34. The molecule has 1 aliphatic rings. The van der Waals surface area contributed by atoms with Crippen LogP contribution in [0.2, 0.25) is 0 Å². The maximum Gasteiger partial charge on any atom is 0.328 e. The summed E-state index contributed by atoms with van der Waals surface area (Å²) in [5.41, 5.74) is 0. The van der Waals surface area contributed by atoms with Crippen molar-refractivity contribution in [3.63, 3.8) is 0 Å². The maximum atomic E-state index is 11.6. The van der Waals surface area contributed by atoms with Crippen molar-refractivity contribution in [2.24, 2.45) is 0 Å². The number of ether oxygens (including phenoxy) is 1. The molecule has 0 spiro atoms. The van der Waals surface area contributed by atoms with Gasteiger partial charge in [0.25, 0.3) is 0 Å². The summed E-state index contributed by atoms with van der Waals surface area (Å²) in [4.78, 5) is 34.7. The largest absolute Gasteiger partial charge is 0.480 e. The molecule has 1 saturated heterocycles. The zero-order chi connectivity index (χ0) is 12.8. The van der Waals surface area contributed by atoms with E-state index >= 15 is 0 Å². The Balaban J connectivity index is 2.59. The van der Waals surface area contributed by atoms with Crippen LogP contribution in [0.3, 0.4) is 0 Å². The van der Waals surface area contributed by atoms with Crippen LogP contribution < -0.4 is 10.6 Å². The standard InChI is InChI=1S/C9H15N3O5/c1-17-3-2-10-9(16)12-5-7(13)11-4-6(12)8(14)15/h6H,2-5H2,1H3,(H,10,16)(H,11,13)(H,14,15). The van der Waals surface area contributed by atoms with Gasteiger partial charge in [-0.1, -0.05) is 0 Å². The van der Waals surface area contributed by atoms with Crippen molar-refractivity contribution < 1.29 is 24.2 Å². The Morgan fingerprint density at radius 3 is 2.94 bits per heavy atom. The molecule has 0 aliphatic carbocycles. The first-order valence-electron chi connectivity index (χ1n) is 5.09. The number of nitrogens with zero attached hydrogens (tertiary/aromatic N) is 1. The molecule has 0 aromatic rings. The van der Waals surface area contributed by atoms with Gasteiger partial charge in [-0.2, -0.15) is 0 Å². The number of carboxylic acids is 1. The minimum Gasteiger partial charge on any atom is -0.480 e. The summed E-state index contributed by atoms with van der Waals surface area (Å²) in [7, 11) is 1.49. The number of hydrogen-bond donors (Lipinski definition) is 3. The third-order valence-electron chi connectivity index (χ3n) is 2.31. The Morgan fingerprint density at radius 1 is 1.65 bits per heavy atom. The molecule has 0 aromatic carbocycles. The lowest BCUT2D eigenvalue weighted by Crippen LogP contribution is -2.61. The van der Waals surface area contributed by atoms with Crippen LogP contribution in [-0.4, -0.2) is 67.3 Å². The van der Waals surface area contributed by atoms with Gasteiger partial charge in [-0.3, -0.25) is 9.69 Å².